The van der Waals surface area contributed by atoms with E-state index in [-0.39, 0.29) is 12.0 Å². The average Bonchev–Trinajstić information content (AvgIpc) is 2.66. The molecule has 84 valence electrons. The molecule has 0 aromatic carbocycles. The summed E-state index contributed by atoms with van der Waals surface area (Å²) in [5.41, 5.74) is 0. The second-order valence-electron chi connectivity index (χ2n) is 3.50. The Morgan fingerprint density at radius 2 is 2.33 bits per heavy atom. The summed E-state index contributed by atoms with van der Waals surface area (Å²) in [5, 5.41) is 2.02. The third-order valence-corrected chi connectivity index (χ3v) is 3.13. The van der Waals surface area contributed by atoms with Crippen molar-refractivity contribution in [3.05, 3.63) is 22.4 Å². The van der Waals surface area contributed by atoms with Gasteiger partial charge < -0.3 is 9.64 Å². The zero-order chi connectivity index (χ0) is 11.3. The van der Waals surface area contributed by atoms with Gasteiger partial charge in [-0.15, -0.1) is 11.3 Å². The van der Waals surface area contributed by atoms with Gasteiger partial charge in [-0.05, 0) is 32.5 Å². The van der Waals surface area contributed by atoms with Crippen LogP contribution in [0.2, 0.25) is 0 Å². The van der Waals surface area contributed by atoms with E-state index in [0.29, 0.717) is 13.0 Å². The van der Waals surface area contributed by atoms with Gasteiger partial charge in [0.05, 0.1) is 19.1 Å². The van der Waals surface area contributed by atoms with Crippen molar-refractivity contribution in [2.45, 2.75) is 19.4 Å². The van der Waals surface area contributed by atoms with Crippen molar-refractivity contribution < 1.29 is 9.53 Å². The van der Waals surface area contributed by atoms with E-state index in [1.165, 1.54) is 4.88 Å². The molecule has 1 unspecified atom stereocenters. The Labute approximate surface area is 94.7 Å². The maximum atomic E-state index is 11.4. The normalized spacial score (nSPS) is 12.8. The molecule has 1 aromatic heterocycles. The molecular formula is C11H17NO2S. The molecule has 0 aliphatic rings. The fraction of sp³-hybridized carbons (Fsp3) is 0.545. The van der Waals surface area contributed by atoms with Crippen LogP contribution in [0.4, 0.5) is 0 Å². The first-order chi connectivity index (χ1) is 7.15. The SMILES string of the molecule is CCOC(=O)CC(c1cccs1)N(C)C. The number of hydrogen-bond acceptors (Lipinski definition) is 4. The quantitative estimate of drug-likeness (QED) is 0.723. The van der Waals surface area contributed by atoms with Crippen molar-refractivity contribution in [1.82, 2.24) is 4.90 Å². The van der Waals surface area contributed by atoms with Crippen molar-refractivity contribution >= 4 is 17.3 Å². The molecule has 0 aliphatic heterocycles. The van der Waals surface area contributed by atoms with E-state index in [4.69, 9.17) is 4.74 Å². The molecule has 0 bridgehead atoms. The first-order valence-corrected chi connectivity index (χ1v) is 5.88. The summed E-state index contributed by atoms with van der Waals surface area (Å²) in [7, 11) is 3.95. The van der Waals surface area contributed by atoms with Crippen molar-refractivity contribution in [3.63, 3.8) is 0 Å². The third-order valence-electron chi connectivity index (χ3n) is 2.16. The Hall–Kier alpha value is -0.870. The Morgan fingerprint density at radius 1 is 1.60 bits per heavy atom. The van der Waals surface area contributed by atoms with Crippen LogP contribution in [-0.2, 0) is 9.53 Å². The van der Waals surface area contributed by atoms with Crippen LogP contribution in [0.3, 0.4) is 0 Å². The first kappa shape index (κ1) is 12.2. The number of nitrogens with zero attached hydrogens (tertiary/aromatic N) is 1. The van der Waals surface area contributed by atoms with E-state index >= 15 is 0 Å². The van der Waals surface area contributed by atoms with E-state index in [1.54, 1.807) is 11.3 Å². The van der Waals surface area contributed by atoms with Crippen LogP contribution in [0.5, 0.6) is 0 Å². The molecule has 3 nitrogen and oxygen atoms in total. The first-order valence-electron chi connectivity index (χ1n) is 5.00. The van der Waals surface area contributed by atoms with Gasteiger partial charge >= 0.3 is 5.97 Å². The second-order valence-corrected chi connectivity index (χ2v) is 4.48. The number of thiophene rings is 1. The standard InChI is InChI=1S/C11H17NO2S/c1-4-14-11(13)8-9(12(2)3)10-6-5-7-15-10/h5-7,9H,4,8H2,1-3H3. The molecule has 1 rings (SSSR count). The predicted octanol–water partition coefficient (Wildman–Crippen LogP) is 2.30. The van der Waals surface area contributed by atoms with Gasteiger partial charge in [-0.2, -0.15) is 0 Å². The Kier molecular flexibility index (Phi) is 4.78. The van der Waals surface area contributed by atoms with Crippen molar-refractivity contribution in [2.75, 3.05) is 20.7 Å². The largest absolute Gasteiger partial charge is 0.466 e. The second kappa shape index (κ2) is 5.88. The van der Waals surface area contributed by atoms with Gasteiger partial charge in [0.15, 0.2) is 0 Å². The molecule has 0 saturated carbocycles. The summed E-state index contributed by atoms with van der Waals surface area (Å²) in [5.74, 6) is -0.135. The highest BCUT2D eigenvalue weighted by Crippen LogP contribution is 2.26. The lowest BCUT2D eigenvalue weighted by Crippen LogP contribution is -2.23. The van der Waals surface area contributed by atoms with Gasteiger partial charge in [0.25, 0.3) is 0 Å². The summed E-state index contributed by atoms with van der Waals surface area (Å²) < 4.78 is 4.96. The van der Waals surface area contributed by atoms with Gasteiger partial charge in [0, 0.05) is 4.88 Å². The number of ether oxygens (including phenoxy) is 1. The number of esters is 1. The highest BCUT2D eigenvalue weighted by Gasteiger charge is 2.19. The molecule has 1 aromatic rings. The Bertz CT molecular complexity index is 296. The highest BCUT2D eigenvalue weighted by atomic mass is 32.1. The lowest BCUT2D eigenvalue weighted by atomic mass is 10.1. The van der Waals surface area contributed by atoms with Crippen LogP contribution in [-0.4, -0.2) is 31.6 Å². The molecule has 1 atom stereocenters. The third kappa shape index (κ3) is 3.64. The van der Waals surface area contributed by atoms with Crippen LogP contribution in [0, 0.1) is 0 Å². The fourth-order valence-electron chi connectivity index (χ4n) is 1.40. The smallest absolute Gasteiger partial charge is 0.307 e. The van der Waals surface area contributed by atoms with Crippen LogP contribution in [0.25, 0.3) is 0 Å². The lowest BCUT2D eigenvalue weighted by Gasteiger charge is -2.22. The fourth-order valence-corrected chi connectivity index (χ4v) is 2.32. The average molecular weight is 227 g/mol. The number of carbonyl (C=O) groups is 1. The highest BCUT2D eigenvalue weighted by molar-refractivity contribution is 7.10. The van der Waals surface area contributed by atoms with E-state index in [0.717, 1.165) is 0 Å². The monoisotopic (exact) mass is 227 g/mol. The Balaban J connectivity index is 2.64. The van der Waals surface area contributed by atoms with Crippen molar-refractivity contribution in [2.24, 2.45) is 0 Å². The number of carbonyl (C=O) groups excluding carboxylic acids is 1. The van der Waals surface area contributed by atoms with E-state index in [2.05, 4.69) is 6.07 Å². The van der Waals surface area contributed by atoms with Crippen molar-refractivity contribution in [3.8, 4) is 0 Å². The topological polar surface area (TPSA) is 29.5 Å². The zero-order valence-electron chi connectivity index (χ0n) is 9.40. The van der Waals surface area contributed by atoms with E-state index in [1.807, 2.05) is 37.4 Å². The summed E-state index contributed by atoms with van der Waals surface area (Å²) in [6.07, 6.45) is 0.418. The minimum Gasteiger partial charge on any atom is -0.466 e. The maximum Gasteiger partial charge on any atom is 0.307 e. The minimum absolute atomic E-state index is 0.129. The summed E-state index contributed by atoms with van der Waals surface area (Å²) in [6.45, 7) is 2.27. The predicted molar refractivity (Wildman–Crippen MR) is 62.0 cm³/mol. The summed E-state index contributed by atoms with van der Waals surface area (Å²) >= 11 is 1.67. The summed E-state index contributed by atoms with van der Waals surface area (Å²) in [6, 6.07) is 4.18. The molecule has 0 amide bonds. The Morgan fingerprint density at radius 3 is 2.80 bits per heavy atom. The molecule has 0 N–H and O–H groups in total. The molecule has 0 aliphatic carbocycles. The zero-order valence-corrected chi connectivity index (χ0v) is 10.2. The molecular weight excluding hydrogens is 210 g/mol. The number of rotatable bonds is 5. The molecule has 0 fully saturated rings. The van der Waals surface area contributed by atoms with Gasteiger partial charge in [0.1, 0.15) is 0 Å². The van der Waals surface area contributed by atoms with Gasteiger partial charge in [-0.1, -0.05) is 6.07 Å². The maximum absolute atomic E-state index is 11.4. The summed E-state index contributed by atoms with van der Waals surface area (Å²) in [4.78, 5) is 14.7. The van der Waals surface area contributed by atoms with Crippen LogP contribution < -0.4 is 0 Å². The van der Waals surface area contributed by atoms with Gasteiger partial charge in [0.2, 0.25) is 0 Å². The van der Waals surface area contributed by atoms with Crippen molar-refractivity contribution in [1.29, 1.82) is 0 Å². The molecule has 15 heavy (non-hydrogen) atoms. The molecule has 1 heterocycles. The van der Waals surface area contributed by atoms with Gasteiger partial charge in [-0.25, -0.2) is 0 Å². The molecule has 0 spiro atoms. The number of hydrogen-bond donors (Lipinski definition) is 0. The molecule has 0 saturated heterocycles. The van der Waals surface area contributed by atoms with Gasteiger partial charge in [-0.3, -0.25) is 4.79 Å². The van der Waals surface area contributed by atoms with Crippen LogP contribution >= 0.6 is 11.3 Å². The van der Waals surface area contributed by atoms with E-state index < -0.39 is 0 Å². The molecule has 0 radical (unpaired) electrons. The minimum atomic E-state index is -0.135. The lowest BCUT2D eigenvalue weighted by molar-refractivity contribution is -0.144. The molecule has 4 heteroatoms. The van der Waals surface area contributed by atoms with Crippen LogP contribution in [0.15, 0.2) is 17.5 Å². The van der Waals surface area contributed by atoms with Crippen LogP contribution in [0.1, 0.15) is 24.3 Å². The van der Waals surface area contributed by atoms with E-state index in [9.17, 15) is 4.79 Å².